The van der Waals surface area contributed by atoms with E-state index in [0.29, 0.717) is 36.8 Å². The minimum atomic E-state index is -0.529. The van der Waals surface area contributed by atoms with Crippen molar-refractivity contribution in [3.8, 4) is 17.6 Å². The summed E-state index contributed by atoms with van der Waals surface area (Å²) in [5, 5.41) is 12.7. The lowest BCUT2D eigenvalue weighted by Crippen LogP contribution is -2.13. The van der Waals surface area contributed by atoms with E-state index in [2.05, 4.69) is 5.32 Å². The number of nitrogens with one attached hydrogen (secondary N) is 1. The molecule has 1 N–H and O–H groups in total. The maximum Gasteiger partial charge on any atom is 0.266 e. The Labute approximate surface area is 221 Å². The predicted molar refractivity (Wildman–Crippen MR) is 143 cm³/mol. The van der Waals surface area contributed by atoms with E-state index in [1.807, 2.05) is 62.4 Å². The first kappa shape index (κ1) is 27.1. The SMILES string of the molecule is Cc1cccc(NC(=O)/C(C#N)=C/c2cc(Cl)c(OCCOCCOc3cccc(C)c3)c(Cl)c2)c1. The number of nitriles is 1. The number of rotatable bonds is 11. The highest BCUT2D eigenvalue weighted by atomic mass is 35.5. The standard InChI is InChI=1S/C28H26Cl2N2O4/c1-19-5-3-7-23(13-19)32-28(33)22(18-31)15-21-16-25(29)27(26(30)17-21)36-12-10-34-9-11-35-24-8-4-6-20(2)14-24/h3-8,13-17H,9-12H2,1-2H3,(H,32,33)/b22-15+. The Hall–Kier alpha value is -3.50. The van der Waals surface area contributed by atoms with Gasteiger partial charge in [-0.3, -0.25) is 4.79 Å². The van der Waals surface area contributed by atoms with Crippen molar-refractivity contribution in [3.63, 3.8) is 0 Å². The molecule has 0 radical (unpaired) electrons. The molecule has 0 saturated carbocycles. The van der Waals surface area contributed by atoms with Crippen LogP contribution in [0, 0.1) is 25.2 Å². The minimum Gasteiger partial charge on any atom is -0.491 e. The van der Waals surface area contributed by atoms with Gasteiger partial charge >= 0.3 is 0 Å². The summed E-state index contributed by atoms with van der Waals surface area (Å²) in [6, 6.07) is 20.2. The number of nitrogens with zero attached hydrogens (tertiary/aromatic N) is 1. The van der Waals surface area contributed by atoms with Crippen LogP contribution in [-0.4, -0.2) is 32.3 Å². The second kappa shape index (κ2) is 13.6. The van der Waals surface area contributed by atoms with Gasteiger partial charge in [-0.15, -0.1) is 0 Å². The molecular formula is C28H26Cl2N2O4. The zero-order valence-corrected chi connectivity index (χ0v) is 21.5. The summed E-state index contributed by atoms with van der Waals surface area (Å²) >= 11 is 12.7. The van der Waals surface area contributed by atoms with Crippen LogP contribution in [0.25, 0.3) is 6.08 Å². The van der Waals surface area contributed by atoms with Gasteiger partial charge in [-0.2, -0.15) is 5.26 Å². The van der Waals surface area contributed by atoms with Crippen LogP contribution in [0.3, 0.4) is 0 Å². The van der Waals surface area contributed by atoms with Crippen molar-refractivity contribution in [2.24, 2.45) is 0 Å². The van der Waals surface area contributed by atoms with Gasteiger partial charge in [0.1, 0.15) is 30.6 Å². The molecule has 0 aromatic heterocycles. The third-order valence-electron chi connectivity index (χ3n) is 4.93. The molecule has 0 aliphatic rings. The summed E-state index contributed by atoms with van der Waals surface area (Å²) in [5.41, 5.74) is 3.14. The summed E-state index contributed by atoms with van der Waals surface area (Å²) < 4.78 is 16.8. The van der Waals surface area contributed by atoms with Crippen LogP contribution >= 0.6 is 23.2 Å². The number of ether oxygens (including phenoxy) is 3. The molecule has 0 aliphatic carbocycles. The molecule has 3 aromatic carbocycles. The molecule has 0 unspecified atom stereocenters. The number of anilines is 1. The van der Waals surface area contributed by atoms with Gasteiger partial charge in [-0.25, -0.2) is 0 Å². The van der Waals surface area contributed by atoms with Crippen molar-refractivity contribution < 1.29 is 19.0 Å². The normalized spacial score (nSPS) is 11.0. The van der Waals surface area contributed by atoms with Gasteiger partial charge in [-0.05, 0) is 73.0 Å². The molecule has 36 heavy (non-hydrogen) atoms. The molecule has 0 aliphatic heterocycles. The first-order valence-corrected chi connectivity index (χ1v) is 12.0. The van der Waals surface area contributed by atoms with Gasteiger partial charge in [-0.1, -0.05) is 47.5 Å². The van der Waals surface area contributed by atoms with E-state index in [-0.39, 0.29) is 22.2 Å². The summed E-state index contributed by atoms with van der Waals surface area (Å²) in [6.07, 6.45) is 1.42. The van der Waals surface area contributed by atoms with E-state index in [4.69, 9.17) is 37.4 Å². The molecule has 0 atom stereocenters. The van der Waals surface area contributed by atoms with E-state index in [0.717, 1.165) is 16.9 Å². The highest BCUT2D eigenvalue weighted by Crippen LogP contribution is 2.35. The number of hydrogen-bond donors (Lipinski definition) is 1. The molecule has 8 heteroatoms. The minimum absolute atomic E-state index is 0.0846. The van der Waals surface area contributed by atoms with Crippen molar-refractivity contribution >= 4 is 40.9 Å². The van der Waals surface area contributed by atoms with Crippen LogP contribution in [0.4, 0.5) is 5.69 Å². The van der Waals surface area contributed by atoms with Gasteiger partial charge in [0.25, 0.3) is 5.91 Å². The van der Waals surface area contributed by atoms with E-state index >= 15 is 0 Å². The second-order valence-corrected chi connectivity index (χ2v) is 8.75. The first-order valence-electron chi connectivity index (χ1n) is 11.2. The van der Waals surface area contributed by atoms with Crippen molar-refractivity contribution in [2.45, 2.75) is 13.8 Å². The molecule has 3 aromatic rings. The van der Waals surface area contributed by atoms with E-state index in [9.17, 15) is 10.1 Å². The maximum absolute atomic E-state index is 12.5. The fraction of sp³-hybridized carbons (Fsp3) is 0.214. The lowest BCUT2D eigenvalue weighted by molar-refractivity contribution is -0.112. The summed E-state index contributed by atoms with van der Waals surface area (Å²) in [4.78, 5) is 12.5. The molecule has 0 fully saturated rings. The Bertz CT molecular complexity index is 1260. The average molecular weight is 525 g/mol. The molecule has 6 nitrogen and oxygen atoms in total. The van der Waals surface area contributed by atoms with Gasteiger partial charge < -0.3 is 19.5 Å². The molecule has 0 bridgehead atoms. The van der Waals surface area contributed by atoms with E-state index in [1.165, 1.54) is 6.08 Å². The number of carbonyl (C=O) groups is 1. The first-order chi connectivity index (χ1) is 17.4. The zero-order chi connectivity index (χ0) is 25.9. The third kappa shape index (κ3) is 8.31. The van der Waals surface area contributed by atoms with Crippen LogP contribution < -0.4 is 14.8 Å². The van der Waals surface area contributed by atoms with Crippen molar-refractivity contribution in [1.29, 1.82) is 5.26 Å². The number of benzene rings is 3. The highest BCUT2D eigenvalue weighted by Gasteiger charge is 2.13. The predicted octanol–water partition coefficient (Wildman–Crippen LogP) is 6.63. The summed E-state index contributed by atoms with van der Waals surface area (Å²) in [6.45, 7) is 5.31. The molecule has 3 rings (SSSR count). The molecular weight excluding hydrogens is 499 g/mol. The molecule has 0 spiro atoms. The van der Waals surface area contributed by atoms with Crippen LogP contribution in [0.15, 0.2) is 66.2 Å². The quantitative estimate of drug-likeness (QED) is 0.173. The van der Waals surface area contributed by atoms with E-state index < -0.39 is 5.91 Å². The van der Waals surface area contributed by atoms with Gasteiger partial charge in [0.2, 0.25) is 0 Å². The van der Waals surface area contributed by atoms with Crippen molar-refractivity contribution in [3.05, 3.63) is 93.0 Å². The second-order valence-electron chi connectivity index (χ2n) is 7.93. The third-order valence-corrected chi connectivity index (χ3v) is 5.49. The van der Waals surface area contributed by atoms with Crippen molar-refractivity contribution in [1.82, 2.24) is 0 Å². The van der Waals surface area contributed by atoms with E-state index in [1.54, 1.807) is 18.2 Å². The fourth-order valence-corrected chi connectivity index (χ4v) is 3.88. The number of carbonyl (C=O) groups excluding carboxylic acids is 1. The number of amides is 1. The number of halogens is 2. The van der Waals surface area contributed by atoms with Crippen LogP contribution in [0.2, 0.25) is 10.0 Å². The number of aryl methyl sites for hydroxylation is 2. The Balaban J connectivity index is 1.50. The van der Waals surface area contributed by atoms with Crippen LogP contribution in [0.5, 0.6) is 11.5 Å². The Morgan fingerprint density at radius 3 is 2.19 bits per heavy atom. The average Bonchev–Trinajstić information content (AvgIpc) is 2.83. The topological polar surface area (TPSA) is 80.6 Å². The molecule has 1 amide bonds. The lowest BCUT2D eigenvalue weighted by atomic mass is 10.1. The summed E-state index contributed by atoms with van der Waals surface area (Å²) in [7, 11) is 0. The van der Waals surface area contributed by atoms with Crippen molar-refractivity contribution in [2.75, 3.05) is 31.7 Å². The molecule has 0 saturated heterocycles. The number of hydrogen-bond acceptors (Lipinski definition) is 5. The smallest absolute Gasteiger partial charge is 0.266 e. The Morgan fingerprint density at radius 1 is 0.917 bits per heavy atom. The van der Waals surface area contributed by atoms with Crippen LogP contribution in [0.1, 0.15) is 16.7 Å². The van der Waals surface area contributed by atoms with Gasteiger partial charge in [0.05, 0.1) is 23.3 Å². The summed E-state index contributed by atoms with van der Waals surface area (Å²) in [5.74, 6) is 0.576. The largest absolute Gasteiger partial charge is 0.491 e. The van der Waals surface area contributed by atoms with Gasteiger partial charge in [0, 0.05) is 5.69 Å². The Kier molecular flexibility index (Phi) is 10.2. The maximum atomic E-state index is 12.5. The zero-order valence-electron chi connectivity index (χ0n) is 20.0. The lowest BCUT2D eigenvalue weighted by Gasteiger charge is -2.12. The van der Waals surface area contributed by atoms with Gasteiger partial charge in [0.15, 0.2) is 5.75 Å². The Morgan fingerprint density at radius 2 is 1.56 bits per heavy atom. The molecule has 0 heterocycles. The van der Waals surface area contributed by atoms with Crippen LogP contribution in [-0.2, 0) is 9.53 Å². The molecule has 186 valence electrons. The fourth-order valence-electron chi connectivity index (χ4n) is 3.27. The monoisotopic (exact) mass is 524 g/mol. The highest BCUT2D eigenvalue weighted by molar-refractivity contribution is 6.37.